The van der Waals surface area contributed by atoms with Crippen molar-refractivity contribution in [3.8, 4) is 11.5 Å². The molecule has 1 saturated heterocycles. The van der Waals surface area contributed by atoms with E-state index >= 15 is 0 Å². The van der Waals surface area contributed by atoms with Gasteiger partial charge >= 0.3 is 0 Å². The van der Waals surface area contributed by atoms with Gasteiger partial charge in [-0.1, -0.05) is 37.5 Å². The van der Waals surface area contributed by atoms with Crippen LogP contribution in [0.2, 0.25) is 0 Å². The smallest absolute Gasteiger partial charge is 0.238 e. The highest BCUT2D eigenvalue weighted by Gasteiger charge is 2.37. The third-order valence-electron chi connectivity index (χ3n) is 5.97. The maximum absolute atomic E-state index is 12.9. The van der Waals surface area contributed by atoms with Crippen molar-refractivity contribution in [2.24, 2.45) is 5.92 Å². The van der Waals surface area contributed by atoms with Gasteiger partial charge in [0.15, 0.2) is 0 Å². The lowest BCUT2D eigenvalue weighted by Gasteiger charge is -2.28. The predicted octanol–water partition coefficient (Wildman–Crippen LogP) is 5.00. The van der Waals surface area contributed by atoms with Crippen molar-refractivity contribution in [3.63, 3.8) is 0 Å². The van der Waals surface area contributed by atoms with Gasteiger partial charge in [-0.3, -0.25) is 14.5 Å². The maximum Gasteiger partial charge on any atom is 0.238 e. The number of hydrogen-bond donors (Lipinski definition) is 1. The van der Waals surface area contributed by atoms with E-state index in [0.29, 0.717) is 22.9 Å². The van der Waals surface area contributed by atoms with Crippen LogP contribution in [0.15, 0.2) is 42.5 Å². The molecule has 1 aliphatic heterocycles. The molecule has 2 aliphatic rings. The normalized spacial score (nSPS) is 19.4. The molecule has 1 N–H and O–H groups in total. The minimum atomic E-state index is -0.267. The summed E-state index contributed by atoms with van der Waals surface area (Å²) >= 11 is 1.54. The second-order valence-electron chi connectivity index (χ2n) is 7.88. The van der Waals surface area contributed by atoms with Crippen molar-refractivity contribution in [1.29, 1.82) is 0 Å². The van der Waals surface area contributed by atoms with Gasteiger partial charge in [0.2, 0.25) is 11.8 Å². The van der Waals surface area contributed by atoms with Gasteiger partial charge in [-0.05, 0) is 31.0 Å². The number of hydrogen-bond acceptors (Lipinski definition) is 5. The number of methoxy groups -OCH3 is 2. The third kappa shape index (κ3) is 4.51. The van der Waals surface area contributed by atoms with Crippen LogP contribution in [0.1, 0.15) is 43.0 Å². The molecular formula is C24H28N2O4S. The van der Waals surface area contributed by atoms with Crippen molar-refractivity contribution < 1.29 is 19.1 Å². The molecule has 2 aromatic rings. The van der Waals surface area contributed by atoms with Crippen LogP contribution in [0.25, 0.3) is 0 Å². The summed E-state index contributed by atoms with van der Waals surface area (Å²) in [4.78, 5) is 27.6. The average Bonchev–Trinajstić information content (AvgIpc) is 3.20. The quantitative estimate of drug-likeness (QED) is 0.685. The zero-order valence-electron chi connectivity index (χ0n) is 17.9. The molecule has 1 unspecified atom stereocenters. The largest absolute Gasteiger partial charge is 0.497 e. The summed E-state index contributed by atoms with van der Waals surface area (Å²) in [6.07, 6.45) is 5.31. The van der Waals surface area contributed by atoms with E-state index in [0.717, 1.165) is 36.9 Å². The Hall–Kier alpha value is -2.67. The summed E-state index contributed by atoms with van der Waals surface area (Å²) in [6, 6.07) is 13.2. The van der Waals surface area contributed by atoms with Gasteiger partial charge in [-0.2, -0.15) is 0 Å². The zero-order valence-corrected chi connectivity index (χ0v) is 18.7. The van der Waals surface area contributed by atoms with Gasteiger partial charge in [0, 0.05) is 23.2 Å². The van der Waals surface area contributed by atoms with E-state index < -0.39 is 0 Å². The van der Waals surface area contributed by atoms with Crippen LogP contribution in [0, 0.1) is 5.92 Å². The van der Waals surface area contributed by atoms with Crippen molar-refractivity contribution in [3.05, 3.63) is 48.0 Å². The first-order valence-electron chi connectivity index (χ1n) is 10.7. The van der Waals surface area contributed by atoms with Crippen LogP contribution in [0.4, 0.5) is 11.4 Å². The highest BCUT2D eigenvalue weighted by atomic mass is 32.2. The molecule has 4 rings (SSSR count). The summed E-state index contributed by atoms with van der Waals surface area (Å²) in [5.41, 5.74) is 2.33. The Morgan fingerprint density at radius 3 is 2.58 bits per heavy atom. The number of carbonyl (C=O) groups is 2. The van der Waals surface area contributed by atoms with Gasteiger partial charge in [-0.15, -0.1) is 11.8 Å². The SMILES string of the molecule is COc1ccc(OC)c(N2C(=O)CSC2c2ccccc2NC(=O)C2CCCCC2)c1. The molecule has 6 nitrogen and oxygen atoms in total. The Morgan fingerprint density at radius 2 is 1.84 bits per heavy atom. The number of nitrogens with zero attached hydrogens (tertiary/aromatic N) is 1. The Kier molecular flexibility index (Phi) is 6.70. The lowest BCUT2D eigenvalue weighted by atomic mass is 9.88. The van der Waals surface area contributed by atoms with Gasteiger partial charge in [-0.25, -0.2) is 0 Å². The maximum atomic E-state index is 12.9. The van der Waals surface area contributed by atoms with E-state index in [1.165, 1.54) is 6.42 Å². The molecule has 7 heteroatoms. The molecule has 0 aromatic heterocycles. The molecule has 0 spiro atoms. The molecule has 1 heterocycles. The number of para-hydroxylation sites is 1. The van der Waals surface area contributed by atoms with Crippen molar-refractivity contribution in [2.45, 2.75) is 37.5 Å². The predicted molar refractivity (Wildman–Crippen MR) is 124 cm³/mol. The molecule has 0 radical (unpaired) electrons. The number of anilines is 2. The molecule has 164 valence electrons. The van der Waals surface area contributed by atoms with Crippen molar-refractivity contribution >= 4 is 35.0 Å². The molecule has 1 aliphatic carbocycles. The molecule has 2 aromatic carbocycles. The van der Waals surface area contributed by atoms with Crippen LogP contribution in [0.5, 0.6) is 11.5 Å². The average molecular weight is 441 g/mol. The van der Waals surface area contributed by atoms with E-state index in [2.05, 4.69) is 5.32 Å². The Bertz CT molecular complexity index is 958. The number of amides is 2. The van der Waals surface area contributed by atoms with Crippen LogP contribution in [-0.4, -0.2) is 31.8 Å². The van der Waals surface area contributed by atoms with Crippen molar-refractivity contribution in [2.75, 3.05) is 30.2 Å². The zero-order chi connectivity index (χ0) is 21.8. The number of ether oxygens (including phenoxy) is 2. The fraction of sp³-hybridized carbons (Fsp3) is 0.417. The molecule has 0 bridgehead atoms. The minimum absolute atomic E-state index is 0.00466. The molecule has 31 heavy (non-hydrogen) atoms. The fourth-order valence-electron chi connectivity index (χ4n) is 4.33. The minimum Gasteiger partial charge on any atom is -0.497 e. The monoisotopic (exact) mass is 440 g/mol. The van der Waals surface area contributed by atoms with Crippen molar-refractivity contribution in [1.82, 2.24) is 0 Å². The molecule has 2 amide bonds. The second-order valence-corrected chi connectivity index (χ2v) is 8.94. The van der Waals surface area contributed by atoms with Gasteiger partial charge < -0.3 is 14.8 Å². The topological polar surface area (TPSA) is 67.9 Å². The Balaban J connectivity index is 1.66. The van der Waals surface area contributed by atoms with E-state index in [-0.39, 0.29) is 23.1 Å². The third-order valence-corrected chi connectivity index (χ3v) is 7.17. The van der Waals surface area contributed by atoms with Gasteiger partial charge in [0.1, 0.15) is 16.9 Å². The summed E-state index contributed by atoms with van der Waals surface area (Å²) in [6.45, 7) is 0. The number of carbonyl (C=O) groups excluding carboxylic acids is 2. The van der Waals surface area contributed by atoms with Crippen LogP contribution >= 0.6 is 11.8 Å². The summed E-state index contributed by atoms with van der Waals surface area (Å²) < 4.78 is 10.9. The number of nitrogens with one attached hydrogen (secondary N) is 1. The molecule has 1 atom stereocenters. The lowest BCUT2D eigenvalue weighted by molar-refractivity contribution is -0.120. The first kappa shape index (κ1) is 21.6. The van der Waals surface area contributed by atoms with Gasteiger partial charge in [0.05, 0.1) is 25.7 Å². The molecule has 2 fully saturated rings. The Labute approximate surface area is 187 Å². The van der Waals surface area contributed by atoms with Crippen LogP contribution < -0.4 is 19.7 Å². The lowest BCUT2D eigenvalue weighted by Crippen LogP contribution is -2.30. The Morgan fingerprint density at radius 1 is 1.06 bits per heavy atom. The summed E-state index contributed by atoms with van der Waals surface area (Å²) in [7, 11) is 3.19. The van der Waals surface area contributed by atoms with Crippen LogP contribution in [0.3, 0.4) is 0 Å². The number of rotatable bonds is 6. The first-order chi connectivity index (χ1) is 15.1. The summed E-state index contributed by atoms with van der Waals surface area (Å²) in [5, 5.41) is 2.88. The summed E-state index contributed by atoms with van der Waals surface area (Å²) in [5.74, 6) is 1.75. The highest BCUT2D eigenvalue weighted by molar-refractivity contribution is 8.00. The molecule has 1 saturated carbocycles. The second kappa shape index (κ2) is 9.64. The number of thioether (sulfide) groups is 1. The van der Waals surface area contributed by atoms with Gasteiger partial charge in [0.25, 0.3) is 0 Å². The standard InChI is InChI=1S/C24H28N2O4S/c1-29-17-12-13-21(30-2)20(14-17)26-22(27)15-31-24(26)18-10-6-7-11-19(18)25-23(28)16-8-4-3-5-9-16/h6-7,10-14,16,24H,3-5,8-9,15H2,1-2H3,(H,25,28). The van der Waals surface area contributed by atoms with E-state index in [9.17, 15) is 9.59 Å². The van der Waals surface area contributed by atoms with E-state index in [1.54, 1.807) is 36.9 Å². The van der Waals surface area contributed by atoms with E-state index in [4.69, 9.17) is 9.47 Å². The first-order valence-corrected chi connectivity index (χ1v) is 11.7. The van der Waals surface area contributed by atoms with E-state index in [1.807, 2.05) is 36.4 Å². The van der Waals surface area contributed by atoms with Crippen LogP contribution in [-0.2, 0) is 9.59 Å². The highest BCUT2D eigenvalue weighted by Crippen LogP contribution is 2.47. The fourth-order valence-corrected chi connectivity index (χ4v) is 5.53. The number of benzene rings is 2. The molecular weight excluding hydrogens is 412 g/mol.